The summed E-state index contributed by atoms with van der Waals surface area (Å²) in [6.45, 7) is 0.889. The average Bonchev–Trinajstić information content (AvgIpc) is 3.06. The highest BCUT2D eigenvalue weighted by molar-refractivity contribution is 6.00. The zero-order valence-corrected chi connectivity index (χ0v) is 14.1. The number of anilines is 1. The highest BCUT2D eigenvalue weighted by Crippen LogP contribution is 2.34. The van der Waals surface area contributed by atoms with E-state index >= 15 is 0 Å². The van der Waals surface area contributed by atoms with Gasteiger partial charge in [-0.15, -0.1) is 0 Å². The van der Waals surface area contributed by atoms with E-state index in [-0.39, 0.29) is 25.3 Å². The molecule has 0 unspecified atom stereocenters. The summed E-state index contributed by atoms with van der Waals surface area (Å²) in [6, 6.07) is 14.6. The van der Waals surface area contributed by atoms with E-state index < -0.39 is 0 Å². The SMILES string of the molecule is N#CCCN(CCC#N)C(=O)CNc1ccc2c3c(cccc13)CC2. The summed E-state index contributed by atoms with van der Waals surface area (Å²) in [6.07, 6.45) is 2.70. The van der Waals surface area contributed by atoms with Crippen LogP contribution in [-0.4, -0.2) is 30.4 Å². The second-order valence-electron chi connectivity index (χ2n) is 6.16. The zero-order chi connectivity index (χ0) is 17.6. The number of nitrogens with zero attached hydrogens (tertiary/aromatic N) is 3. The lowest BCUT2D eigenvalue weighted by Crippen LogP contribution is -2.37. The Hall–Kier alpha value is -3.05. The molecule has 0 heterocycles. The largest absolute Gasteiger partial charge is 0.376 e. The first-order chi connectivity index (χ1) is 12.2. The van der Waals surface area contributed by atoms with E-state index in [2.05, 4.69) is 29.6 Å². The molecule has 2 aromatic carbocycles. The molecule has 1 N–H and O–H groups in total. The van der Waals surface area contributed by atoms with Gasteiger partial charge in [-0.1, -0.05) is 24.3 Å². The van der Waals surface area contributed by atoms with Crippen molar-refractivity contribution in [3.8, 4) is 12.1 Å². The van der Waals surface area contributed by atoms with Gasteiger partial charge in [0.05, 0.1) is 31.5 Å². The molecule has 0 saturated carbocycles. The third kappa shape index (κ3) is 3.56. The van der Waals surface area contributed by atoms with Crippen molar-refractivity contribution < 1.29 is 4.79 Å². The van der Waals surface area contributed by atoms with Crippen molar-refractivity contribution in [1.29, 1.82) is 10.5 Å². The minimum Gasteiger partial charge on any atom is -0.376 e. The van der Waals surface area contributed by atoms with Crippen LogP contribution in [0, 0.1) is 22.7 Å². The van der Waals surface area contributed by atoms with E-state index in [1.165, 1.54) is 16.5 Å². The van der Waals surface area contributed by atoms with E-state index in [0.29, 0.717) is 13.1 Å². The summed E-state index contributed by atoms with van der Waals surface area (Å²) in [5.41, 5.74) is 3.69. The maximum absolute atomic E-state index is 12.5. The lowest BCUT2D eigenvalue weighted by atomic mass is 10.0. The molecule has 25 heavy (non-hydrogen) atoms. The molecule has 0 atom stereocenters. The van der Waals surface area contributed by atoms with Gasteiger partial charge in [0.1, 0.15) is 0 Å². The van der Waals surface area contributed by atoms with Crippen LogP contribution in [-0.2, 0) is 17.6 Å². The van der Waals surface area contributed by atoms with Gasteiger partial charge < -0.3 is 10.2 Å². The van der Waals surface area contributed by atoms with Gasteiger partial charge in [-0.2, -0.15) is 10.5 Å². The van der Waals surface area contributed by atoms with E-state index in [4.69, 9.17) is 10.5 Å². The van der Waals surface area contributed by atoms with Crippen LogP contribution in [0.3, 0.4) is 0 Å². The number of hydrogen-bond donors (Lipinski definition) is 1. The Balaban J connectivity index is 1.73. The third-order valence-electron chi connectivity index (χ3n) is 4.65. The van der Waals surface area contributed by atoms with Gasteiger partial charge in [0.2, 0.25) is 5.91 Å². The Morgan fingerprint density at radius 3 is 2.40 bits per heavy atom. The van der Waals surface area contributed by atoms with Crippen molar-refractivity contribution in [1.82, 2.24) is 4.90 Å². The van der Waals surface area contributed by atoms with E-state index in [9.17, 15) is 4.79 Å². The number of benzene rings is 2. The van der Waals surface area contributed by atoms with Crippen LogP contribution in [0.1, 0.15) is 24.0 Å². The predicted molar refractivity (Wildman–Crippen MR) is 96.9 cm³/mol. The van der Waals surface area contributed by atoms with Gasteiger partial charge in [-0.3, -0.25) is 4.79 Å². The van der Waals surface area contributed by atoms with E-state index in [1.807, 2.05) is 18.2 Å². The van der Waals surface area contributed by atoms with Gasteiger partial charge >= 0.3 is 0 Å². The number of amides is 1. The smallest absolute Gasteiger partial charge is 0.241 e. The Morgan fingerprint density at radius 2 is 1.72 bits per heavy atom. The van der Waals surface area contributed by atoms with Crippen molar-refractivity contribution in [2.45, 2.75) is 25.7 Å². The molecule has 0 aromatic heterocycles. The molecule has 0 fully saturated rings. The second-order valence-corrected chi connectivity index (χ2v) is 6.16. The Kier molecular flexibility index (Phi) is 5.16. The van der Waals surface area contributed by atoms with Crippen molar-refractivity contribution in [3.63, 3.8) is 0 Å². The van der Waals surface area contributed by atoms with Crippen molar-refractivity contribution in [3.05, 3.63) is 41.5 Å². The van der Waals surface area contributed by atoms with Gasteiger partial charge in [-0.25, -0.2) is 0 Å². The summed E-state index contributed by atoms with van der Waals surface area (Å²) in [4.78, 5) is 14.0. The molecule has 1 aliphatic carbocycles. The number of hydrogen-bond acceptors (Lipinski definition) is 4. The molecule has 0 spiro atoms. The molecular formula is C20H20N4O. The minimum atomic E-state index is -0.0891. The number of rotatable bonds is 7. The van der Waals surface area contributed by atoms with Crippen molar-refractivity contribution in [2.75, 3.05) is 25.0 Å². The fourth-order valence-electron chi connectivity index (χ4n) is 3.41. The van der Waals surface area contributed by atoms with Crippen molar-refractivity contribution in [2.24, 2.45) is 0 Å². The first-order valence-corrected chi connectivity index (χ1v) is 8.53. The molecule has 5 heteroatoms. The van der Waals surface area contributed by atoms with Crippen molar-refractivity contribution >= 4 is 22.4 Å². The monoisotopic (exact) mass is 332 g/mol. The van der Waals surface area contributed by atoms with Gasteiger partial charge in [-0.05, 0) is 35.4 Å². The summed E-state index contributed by atoms with van der Waals surface area (Å²) >= 11 is 0. The highest BCUT2D eigenvalue weighted by atomic mass is 16.2. The number of aryl methyl sites for hydroxylation is 2. The molecule has 126 valence electrons. The molecule has 0 bridgehead atoms. The summed E-state index contributed by atoms with van der Waals surface area (Å²) < 4.78 is 0. The Bertz CT molecular complexity index is 847. The van der Waals surface area contributed by atoms with Crippen LogP contribution in [0.25, 0.3) is 10.8 Å². The zero-order valence-electron chi connectivity index (χ0n) is 14.1. The first-order valence-electron chi connectivity index (χ1n) is 8.53. The molecular weight excluding hydrogens is 312 g/mol. The van der Waals surface area contributed by atoms with Crippen LogP contribution in [0.5, 0.6) is 0 Å². The normalized spacial score (nSPS) is 11.8. The Morgan fingerprint density at radius 1 is 1.04 bits per heavy atom. The van der Waals surface area contributed by atoms with E-state index in [1.54, 1.807) is 4.90 Å². The van der Waals surface area contributed by atoms with E-state index in [0.717, 1.165) is 23.9 Å². The lowest BCUT2D eigenvalue weighted by molar-refractivity contribution is -0.129. The fourth-order valence-corrected chi connectivity index (χ4v) is 3.41. The third-order valence-corrected chi connectivity index (χ3v) is 4.65. The lowest BCUT2D eigenvalue weighted by Gasteiger charge is -2.21. The first kappa shape index (κ1) is 16.8. The molecule has 1 amide bonds. The number of nitriles is 2. The fraction of sp³-hybridized carbons (Fsp3) is 0.350. The van der Waals surface area contributed by atoms with Gasteiger partial charge in [0.15, 0.2) is 0 Å². The maximum Gasteiger partial charge on any atom is 0.241 e. The number of carbonyl (C=O) groups is 1. The minimum absolute atomic E-state index is 0.0891. The summed E-state index contributed by atoms with van der Waals surface area (Å²) in [5, 5.41) is 23.2. The number of carbonyl (C=O) groups excluding carboxylic acids is 1. The summed E-state index contributed by atoms with van der Waals surface area (Å²) in [5.74, 6) is -0.0891. The topological polar surface area (TPSA) is 79.9 Å². The Labute approximate surface area is 147 Å². The standard InChI is InChI=1S/C20H20N4O/c21-10-2-12-24(13-3-11-22)19(25)14-23-18-9-8-16-7-6-15-4-1-5-17(18)20(15)16/h1,4-5,8-9,23H,2-3,6-7,12-14H2. The molecule has 0 radical (unpaired) electrons. The van der Waals surface area contributed by atoms with Gasteiger partial charge in [0, 0.05) is 24.2 Å². The van der Waals surface area contributed by atoms with Crippen LogP contribution < -0.4 is 5.32 Å². The number of nitrogens with one attached hydrogen (secondary N) is 1. The molecule has 5 nitrogen and oxygen atoms in total. The predicted octanol–water partition coefficient (Wildman–Crippen LogP) is 3.01. The molecule has 3 rings (SSSR count). The quantitative estimate of drug-likeness (QED) is 0.845. The van der Waals surface area contributed by atoms with Crippen LogP contribution in [0.2, 0.25) is 0 Å². The second kappa shape index (κ2) is 7.68. The van der Waals surface area contributed by atoms with Gasteiger partial charge in [0.25, 0.3) is 0 Å². The van der Waals surface area contributed by atoms with Crippen LogP contribution in [0.4, 0.5) is 5.69 Å². The molecule has 0 saturated heterocycles. The van der Waals surface area contributed by atoms with Crippen LogP contribution in [0.15, 0.2) is 30.3 Å². The molecule has 2 aromatic rings. The highest BCUT2D eigenvalue weighted by Gasteiger charge is 2.17. The maximum atomic E-state index is 12.5. The van der Waals surface area contributed by atoms with Crippen LogP contribution >= 0.6 is 0 Å². The summed E-state index contributed by atoms with van der Waals surface area (Å²) in [7, 11) is 0. The molecule has 0 aliphatic heterocycles. The molecule has 1 aliphatic rings. The average molecular weight is 332 g/mol.